The number of nitrogens with two attached hydrogens (primary N) is 1. The molecule has 2 aromatic heterocycles. The number of nitrogens with zero attached hydrogens (tertiary/aromatic N) is 4. The zero-order chi connectivity index (χ0) is 12.6. The van der Waals surface area contributed by atoms with Crippen LogP contribution in [-0.4, -0.2) is 39.8 Å². The molecule has 0 aromatic carbocycles. The van der Waals surface area contributed by atoms with Gasteiger partial charge in [0.15, 0.2) is 5.65 Å². The number of nitrogens with one attached hydrogen (secondary N) is 1. The van der Waals surface area contributed by atoms with E-state index in [-0.39, 0.29) is 5.41 Å². The fraction of sp³-hybridized carbons (Fsp3) is 0.583. The van der Waals surface area contributed by atoms with Crippen molar-refractivity contribution in [3.05, 3.63) is 12.4 Å². The van der Waals surface area contributed by atoms with Gasteiger partial charge in [0.25, 0.3) is 0 Å². The quantitative estimate of drug-likeness (QED) is 0.814. The highest BCUT2D eigenvalue weighted by Gasteiger charge is 2.29. The van der Waals surface area contributed by atoms with Gasteiger partial charge in [-0.05, 0) is 24.8 Å². The van der Waals surface area contributed by atoms with Gasteiger partial charge in [0.05, 0.1) is 5.39 Å². The average Bonchev–Trinajstić information content (AvgIpc) is 2.87. The molecule has 0 saturated carbocycles. The highest BCUT2D eigenvalue weighted by molar-refractivity contribution is 5.73. The summed E-state index contributed by atoms with van der Waals surface area (Å²) < 4.78 is 0. The molecular weight excluding hydrogens is 228 g/mol. The third-order valence-electron chi connectivity index (χ3n) is 3.86. The summed E-state index contributed by atoms with van der Waals surface area (Å²) in [4.78, 5) is 11.0. The van der Waals surface area contributed by atoms with E-state index in [2.05, 4.69) is 38.2 Å². The standard InChI is InChI=1S/C12H17N6/c1-12(8-13)2-4-18(5-3-12)11-14-6-9-7-15-17-10(9)16-11/h6H,2-5,8,13H2,1H3,(H,14,15,16,17). The number of anilines is 1. The van der Waals surface area contributed by atoms with Crippen molar-refractivity contribution in [1.29, 1.82) is 0 Å². The lowest BCUT2D eigenvalue weighted by molar-refractivity contribution is 0.257. The van der Waals surface area contributed by atoms with Crippen LogP contribution in [0.1, 0.15) is 19.8 Å². The van der Waals surface area contributed by atoms with E-state index in [1.54, 1.807) is 6.20 Å². The summed E-state index contributed by atoms with van der Waals surface area (Å²) in [5, 5.41) is 7.48. The Morgan fingerprint density at radius 2 is 2.28 bits per heavy atom. The summed E-state index contributed by atoms with van der Waals surface area (Å²) in [5.41, 5.74) is 6.82. The molecule has 3 N–H and O–H groups in total. The Bertz CT molecular complexity index is 540. The van der Waals surface area contributed by atoms with Crippen molar-refractivity contribution in [2.75, 3.05) is 24.5 Å². The molecule has 18 heavy (non-hydrogen) atoms. The Morgan fingerprint density at radius 3 is 3.00 bits per heavy atom. The van der Waals surface area contributed by atoms with Crippen molar-refractivity contribution in [1.82, 2.24) is 20.2 Å². The van der Waals surface area contributed by atoms with Crippen LogP contribution in [0.4, 0.5) is 5.95 Å². The maximum absolute atomic E-state index is 5.81. The molecule has 1 radical (unpaired) electrons. The largest absolute Gasteiger partial charge is 0.341 e. The second-order valence-electron chi connectivity index (χ2n) is 5.27. The highest BCUT2D eigenvalue weighted by Crippen LogP contribution is 2.30. The minimum absolute atomic E-state index is 0.266. The Hall–Kier alpha value is -1.69. The molecular formula is C12H17N6. The molecule has 3 heterocycles. The number of H-pyrrole nitrogens is 1. The predicted molar refractivity (Wildman–Crippen MR) is 69.1 cm³/mol. The number of hydrogen-bond donors (Lipinski definition) is 2. The molecule has 1 aliphatic heterocycles. The van der Waals surface area contributed by atoms with Gasteiger partial charge in [-0.15, -0.1) is 0 Å². The van der Waals surface area contributed by atoms with Crippen LogP contribution in [-0.2, 0) is 0 Å². The van der Waals surface area contributed by atoms with Gasteiger partial charge in [0, 0.05) is 19.3 Å². The number of fused-ring (bicyclic) bond motifs is 1. The molecule has 2 aromatic rings. The maximum Gasteiger partial charge on any atom is 0.227 e. The van der Waals surface area contributed by atoms with E-state index in [1.807, 2.05) is 0 Å². The minimum atomic E-state index is 0.266. The minimum Gasteiger partial charge on any atom is -0.341 e. The van der Waals surface area contributed by atoms with Crippen LogP contribution >= 0.6 is 0 Å². The molecule has 1 fully saturated rings. The summed E-state index contributed by atoms with van der Waals surface area (Å²) in [6.45, 7) is 4.91. The fourth-order valence-electron chi connectivity index (χ4n) is 2.28. The molecule has 3 rings (SSSR count). The summed E-state index contributed by atoms with van der Waals surface area (Å²) in [7, 11) is 0. The average molecular weight is 245 g/mol. The van der Waals surface area contributed by atoms with Crippen LogP contribution in [0, 0.1) is 11.6 Å². The first-order chi connectivity index (χ1) is 8.70. The van der Waals surface area contributed by atoms with Gasteiger partial charge < -0.3 is 10.6 Å². The normalized spacial score (nSPS) is 19.3. The molecule has 1 saturated heterocycles. The van der Waals surface area contributed by atoms with E-state index in [0.717, 1.165) is 49.5 Å². The van der Waals surface area contributed by atoms with Gasteiger partial charge in [-0.2, -0.15) is 10.1 Å². The Labute approximate surface area is 106 Å². The van der Waals surface area contributed by atoms with Crippen LogP contribution in [0.3, 0.4) is 0 Å². The van der Waals surface area contributed by atoms with Crippen molar-refractivity contribution >= 4 is 17.0 Å². The Kier molecular flexibility index (Phi) is 2.66. The number of aromatic amines is 1. The zero-order valence-corrected chi connectivity index (χ0v) is 10.5. The van der Waals surface area contributed by atoms with E-state index in [4.69, 9.17) is 5.73 Å². The van der Waals surface area contributed by atoms with E-state index in [0.29, 0.717) is 0 Å². The van der Waals surface area contributed by atoms with E-state index < -0.39 is 0 Å². The van der Waals surface area contributed by atoms with E-state index in [1.165, 1.54) is 0 Å². The Balaban J connectivity index is 1.79. The maximum atomic E-state index is 5.81. The van der Waals surface area contributed by atoms with Gasteiger partial charge in [-0.3, -0.25) is 5.10 Å². The Morgan fingerprint density at radius 1 is 1.50 bits per heavy atom. The third kappa shape index (κ3) is 1.92. The zero-order valence-electron chi connectivity index (χ0n) is 10.5. The first-order valence-corrected chi connectivity index (χ1v) is 6.24. The monoisotopic (exact) mass is 245 g/mol. The number of piperidine rings is 1. The second kappa shape index (κ2) is 4.20. The lowest BCUT2D eigenvalue weighted by atomic mass is 9.81. The van der Waals surface area contributed by atoms with Gasteiger partial charge in [-0.25, -0.2) is 4.98 Å². The van der Waals surface area contributed by atoms with Gasteiger partial charge >= 0.3 is 0 Å². The number of rotatable bonds is 2. The number of aromatic nitrogens is 4. The molecule has 0 atom stereocenters. The molecule has 0 bridgehead atoms. The van der Waals surface area contributed by atoms with Crippen LogP contribution in [0.15, 0.2) is 6.20 Å². The molecule has 0 spiro atoms. The first kappa shape index (κ1) is 11.4. The first-order valence-electron chi connectivity index (χ1n) is 6.24. The van der Waals surface area contributed by atoms with Crippen molar-refractivity contribution in [2.45, 2.75) is 19.8 Å². The van der Waals surface area contributed by atoms with Crippen LogP contribution in [0.5, 0.6) is 0 Å². The molecule has 1 aliphatic rings. The lowest BCUT2D eigenvalue weighted by Gasteiger charge is -2.38. The van der Waals surface area contributed by atoms with Crippen molar-refractivity contribution in [3.8, 4) is 0 Å². The lowest BCUT2D eigenvalue weighted by Crippen LogP contribution is -2.42. The van der Waals surface area contributed by atoms with E-state index in [9.17, 15) is 0 Å². The molecule has 0 aliphatic carbocycles. The van der Waals surface area contributed by atoms with Gasteiger partial charge in [0.1, 0.15) is 6.20 Å². The van der Waals surface area contributed by atoms with Crippen molar-refractivity contribution in [3.63, 3.8) is 0 Å². The molecule has 0 unspecified atom stereocenters. The summed E-state index contributed by atoms with van der Waals surface area (Å²) >= 11 is 0. The van der Waals surface area contributed by atoms with Crippen LogP contribution in [0.2, 0.25) is 0 Å². The summed E-state index contributed by atoms with van der Waals surface area (Å²) in [6.07, 6.45) is 6.73. The van der Waals surface area contributed by atoms with E-state index >= 15 is 0 Å². The second-order valence-corrected chi connectivity index (χ2v) is 5.27. The molecule has 95 valence electrons. The summed E-state index contributed by atoms with van der Waals surface area (Å²) in [6, 6.07) is 0. The number of hydrogen-bond acceptors (Lipinski definition) is 5. The molecule has 6 nitrogen and oxygen atoms in total. The molecule has 0 amide bonds. The predicted octanol–water partition coefficient (Wildman–Crippen LogP) is 0.718. The van der Waals surface area contributed by atoms with Crippen LogP contribution < -0.4 is 10.6 Å². The van der Waals surface area contributed by atoms with Gasteiger partial charge in [-0.1, -0.05) is 6.92 Å². The third-order valence-corrected chi connectivity index (χ3v) is 3.86. The summed E-state index contributed by atoms with van der Waals surface area (Å²) in [5.74, 6) is 0.763. The van der Waals surface area contributed by atoms with Gasteiger partial charge in [0.2, 0.25) is 5.95 Å². The fourth-order valence-corrected chi connectivity index (χ4v) is 2.28. The highest BCUT2D eigenvalue weighted by atomic mass is 15.3. The van der Waals surface area contributed by atoms with Crippen molar-refractivity contribution < 1.29 is 0 Å². The smallest absolute Gasteiger partial charge is 0.227 e. The van der Waals surface area contributed by atoms with Crippen LogP contribution in [0.25, 0.3) is 11.0 Å². The van der Waals surface area contributed by atoms with Crippen molar-refractivity contribution in [2.24, 2.45) is 11.1 Å². The SMILES string of the molecule is CC1(CN)CCN(c2ncc3[c]n[nH]c3n2)CC1. The topological polar surface area (TPSA) is 83.7 Å². The molecule has 6 heteroatoms.